The van der Waals surface area contributed by atoms with E-state index in [-0.39, 0.29) is 5.82 Å². The lowest BCUT2D eigenvalue weighted by molar-refractivity contribution is 0.304. The van der Waals surface area contributed by atoms with E-state index >= 15 is 0 Å². The van der Waals surface area contributed by atoms with E-state index in [0.29, 0.717) is 23.4 Å². The number of pyridine rings is 1. The van der Waals surface area contributed by atoms with Crippen LogP contribution in [0.3, 0.4) is 0 Å². The molecule has 18 heavy (non-hydrogen) atoms. The Hall–Kier alpha value is -1.46. The summed E-state index contributed by atoms with van der Waals surface area (Å²) in [5.74, 6) is 0.143. The van der Waals surface area contributed by atoms with Gasteiger partial charge in [0.25, 0.3) is 0 Å². The first kappa shape index (κ1) is 13.0. The maximum Gasteiger partial charge on any atom is 0.128 e. The molecule has 0 amide bonds. The Morgan fingerprint density at radius 3 is 2.83 bits per heavy atom. The quantitative estimate of drug-likeness (QED) is 0.944. The number of benzene rings is 1. The number of nitrogens with two attached hydrogens (primary N) is 1. The van der Waals surface area contributed by atoms with Crippen LogP contribution in [0.25, 0.3) is 0 Å². The van der Waals surface area contributed by atoms with Crippen molar-refractivity contribution in [1.82, 2.24) is 4.98 Å². The van der Waals surface area contributed by atoms with Crippen LogP contribution in [-0.4, -0.2) is 4.98 Å². The molecule has 0 atom stereocenters. The normalized spacial score (nSPS) is 10.4. The third-order valence-corrected chi connectivity index (χ3v) is 2.79. The Morgan fingerprint density at radius 2 is 2.11 bits per heavy atom. The summed E-state index contributed by atoms with van der Waals surface area (Å²) in [6, 6.07) is 8.15. The average molecular weight is 311 g/mol. The molecule has 1 aromatic heterocycles. The first-order valence-electron chi connectivity index (χ1n) is 5.40. The number of rotatable bonds is 4. The summed E-state index contributed by atoms with van der Waals surface area (Å²) < 4.78 is 19.3. The van der Waals surface area contributed by atoms with Crippen LogP contribution in [0.4, 0.5) is 4.39 Å². The van der Waals surface area contributed by atoms with Gasteiger partial charge in [0.05, 0.1) is 5.69 Å². The van der Waals surface area contributed by atoms with Gasteiger partial charge >= 0.3 is 0 Å². The van der Waals surface area contributed by atoms with Crippen LogP contribution in [0, 0.1) is 5.82 Å². The SMILES string of the molecule is NCc1cc(COc2cc(F)cc(Br)c2)ccn1. The van der Waals surface area contributed by atoms with Gasteiger partial charge in [-0.2, -0.15) is 0 Å². The minimum absolute atomic E-state index is 0.336. The van der Waals surface area contributed by atoms with Crippen LogP contribution >= 0.6 is 15.9 Å². The Bertz CT molecular complexity index is 528. The molecule has 5 heteroatoms. The molecular weight excluding hydrogens is 299 g/mol. The zero-order valence-corrected chi connectivity index (χ0v) is 11.2. The number of halogens is 2. The molecule has 0 unspecified atom stereocenters. The number of hydrogen-bond acceptors (Lipinski definition) is 3. The average Bonchev–Trinajstić information content (AvgIpc) is 2.35. The van der Waals surface area contributed by atoms with Gasteiger partial charge in [-0.3, -0.25) is 4.98 Å². The third kappa shape index (κ3) is 3.51. The summed E-state index contributed by atoms with van der Waals surface area (Å²) in [5, 5.41) is 0. The summed E-state index contributed by atoms with van der Waals surface area (Å²) in [7, 11) is 0. The van der Waals surface area contributed by atoms with E-state index in [1.54, 1.807) is 12.3 Å². The molecule has 1 aromatic carbocycles. The highest BCUT2D eigenvalue weighted by molar-refractivity contribution is 9.10. The number of hydrogen-bond donors (Lipinski definition) is 1. The molecule has 2 N–H and O–H groups in total. The summed E-state index contributed by atoms with van der Waals surface area (Å²) in [4.78, 5) is 4.09. The van der Waals surface area contributed by atoms with Gasteiger partial charge in [-0.15, -0.1) is 0 Å². The van der Waals surface area contributed by atoms with Crippen molar-refractivity contribution >= 4 is 15.9 Å². The molecule has 0 radical (unpaired) electrons. The van der Waals surface area contributed by atoms with Crippen molar-refractivity contribution in [2.45, 2.75) is 13.2 Å². The Morgan fingerprint density at radius 1 is 1.28 bits per heavy atom. The van der Waals surface area contributed by atoms with E-state index in [4.69, 9.17) is 10.5 Å². The second kappa shape index (κ2) is 5.93. The lowest BCUT2D eigenvalue weighted by atomic mass is 10.2. The maximum absolute atomic E-state index is 13.1. The Kier molecular flexibility index (Phi) is 4.28. The third-order valence-electron chi connectivity index (χ3n) is 2.33. The molecule has 2 rings (SSSR count). The van der Waals surface area contributed by atoms with Crippen molar-refractivity contribution in [1.29, 1.82) is 0 Å². The smallest absolute Gasteiger partial charge is 0.128 e. The van der Waals surface area contributed by atoms with Crippen molar-refractivity contribution in [3.05, 3.63) is 58.1 Å². The maximum atomic E-state index is 13.1. The predicted octanol–water partition coefficient (Wildman–Crippen LogP) is 3.02. The Labute approximate surface area is 113 Å². The fourth-order valence-electron chi connectivity index (χ4n) is 1.51. The van der Waals surface area contributed by atoms with Gasteiger partial charge in [0.1, 0.15) is 18.2 Å². The summed E-state index contributed by atoms with van der Waals surface area (Å²) >= 11 is 3.22. The molecule has 0 aliphatic heterocycles. The van der Waals surface area contributed by atoms with Crippen molar-refractivity contribution in [3.63, 3.8) is 0 Å². The highest BCUT2D eigenvalue weighted by Crippen LogP contribution is 2.21. The van der Waals surface area contributed by atoms with Crippen molar-refractivity contribution < 1.29 is 9.13 Å². The van der Waals surface area contributed by atoms with Crippen LogP contribution < -0.4 is 10.5 Å². The van der Waals surface area contributed by atoms with Crippen LogP contribution in [-0.2, 0) is 13.2 Å². The minimum Gasteiger partial charge on any atom is -0.489 e. The number of nitrogens with zero attached hydrogens (tertiary/aromatic N) is 1. The van der Waals surface area contributed by atoms with Crippen LogP contribution in [0.15, 0.2) is 41.0 Å². The van der Waals surface area contributed by atoms with E-state index in [1.807, 2.05) is 12.1 Å². The molecule has 2 aromatic rings. The monoisotopic (exact) mass is 310 g/mol. The van der Waals surface area contributed by atoms with Gasteiger partial charge in [-0.25, -0.2) is 4.39 Å². The van der Waals surface area contributed by atoms with Gasteiger partial charge in [0, 0.05) is 23.3 Å². The second-order valence-corrected chi connectivity index (χ2v) is 4.67. The highest BCUT2D eigenvalue weighted by Gasteiger charge is 2.01. The lowest BCUT2D eigenvalue weighted by Crippen LogP contribution is -2.02. The molecule has 0 saturated heterocycles. The fraction of sp³-hybridized carbons (Fsp3) is 0.154. The summed E-state index contributed by atoms with van der Waals surface area (Å²) in [6.45, 7) is 0.741. The van der Waals surface area contributed by atoms with E-state index < -0.39 is 0 Å². The molecule has 0 aliphatic carbocycles. The van der Waals surface area contributed by atoms with E-state index in [9.17, 15) is 4.39 Å². The molecule has 0 saturated carbocycles. The van der Waals surface area contributed by atoms with Crippen LogP contribution in [0.1, 0.15) is 11.3 Å². The van der Waals surface area contributed by atoms with E-state index in [0.717, 1.165) is 11.3 Å². The molecule has 0 fully saturated rings. The largest absolute Gasteiger partial charge is 0.489 e. The first-order chi connectivity index (χ1) is 8.67. The molecular formula is C13H12BrFN2O. The lowest BCUT2D eigenvalue weighted by Gasteiger charge is -2.07. The molecule has 3 nitrogen and oxygen atoms in total. The van der Waals surface area contributed by atoms with Crippen molar-refractivity contribution in [3.8, 4) is 5.75 Å². The molecule has 0 bridgehead atoms. The topological polar surface area (TPSA) is 48.1 Å². The van der Waals surface area contributed by atoms with Crippen LogP contribution in [0.2, 0.25) is 0 Å². The molecule has 0 aliphatic rings. The van der Waals surface area contributed by atoms with Gasteiger partial charge in [-0.05, 0) is 29.8 Å². The highest BCUT2D eigenvalue weighted by atomic mass is 79.9. The van der Waals surface area contributed by atoms with Crippen LogP contribution in [0.5, 0.6) is 5.75 Å². The molecule has 94 valence electrons. The number of aromatic nitrogens is 1. The first-order valence-corrected chi connectivity index (χ1v) is 6.19. The predicted molar refractivity (Wildman–Crippen MR) is 70.6 cm³/mol. The van der Waals surface area contributed by atoms with Gasteiger partial charge < -0.3 is 10.5 Å². The number of ether oxygens (including phenoxy) is 1. The fourth-order valence-corrected chi connectivity index (χ4v) is 1.95. The second-order valence-electron chi connectivity index (χ2n) is 3.75. The van der Waals surface area contributed by atoms with Gasteiger partial charge in [0.2, 0.25) is 0 Å². The zero-order chi connectivity index (χ0) is 13.0. The zero-order valence-electron chi connectivity index (χ0n) is 9.57. The van der Waals surface area contributed by atoms with Crippen molar-refractivity contribution in [2.24, 2.45) is 5.73 Å². The summed E-state index contributed by atoms with van der Waals surface area (Å²) in [5.41, 5.74) is 7.26. The summed E-state index contributed by atoms with van der Waals surface area (Å²) in [6.07, 6.45) is 1.68. The minimum atomic E-state index is -0.336. The van der Waals surface area contributed by atoms with Gasteiger partial charge in [0.15, 0.2) is 0 Å². The van der Waals surface area contributed by atoms with E-state index in [1.165, 1.54) is 12.1 Å². The van der Waals surface area contributed by atoms with Gasteiger partial charge in [-0.1, -0.05) is 15.9 Å². The molecule has 0 spiro atoms. The Balaban J connectivity index is 2.06. The van der Waals surface area contributed by atoms with E-state index in [2.05, 4.69) is 20.9 Å². The standard InChI is InChI=1S/C13H12BrFN2O/c14-10-4-11(15)6-13(5-10)18-8-9-1-2-17-12(3-9)7-16/h1-6H,7-8,16H2. The molecule has 1 heterocycles. The van der Waals surface area contributed by atoms with Crippen molar-refractivity contribution in [2.75, 3.05) is 0 Å².